The molecule has 19 heavy (non-hydrogen) atoms. The molecule has 0 aliphatic rings. The third kappa shape index (κ3) is 1.96. The second-order valence-electron chi connectivity index (χ2n) is 4.34. The minimum atomic E-state index is 0.202. The van der Waals surface area contributed by atoms with E-state index in [2.05, 4.69) is 21.0 Å². The molecule has 0 unspecified atom stereocenters. The summed E-state index contributed by atoms with van der Waals surface area (Å²) >= 11 is 3.40. The van der Waals surface area contributed by atoms with E-state index in [4.69, 9.17) is 0 Å². The summed E-state index contributed by atoms with van der Waals surface area (Å²) in [5, 5.41) is 24.4. The van der Waals surface area contributed by atoms with Crippen LogP contribution in [0.3, 0.4) is 0 Å². The van der Waals surface area contributed by atoms with E-state index < -0.39 is 0 Å². The number of hydrogen-bond acceptors (Lipinski definition) is 3. The highest BCUT2D eigenvalue weighted by atomic mass is 79.9. The van der Waals surface area contributed by atoms with Crippen LogP contribution in [-0.2, 0) is 0 Å². The molecule has 4 nitrogen and oxygen atoms in total. The molecule has 5 heteroatoms. The molecule has 3 aromatic rings. The van der Waals surface area contributed by atoms with Gasteiger partial charge in [0, 0.05) is 15.6 Å². The quantitative estimate of drug-likeness (QED) is 0.722. The number of halogens is 1. The standard InChI is InChI=1S/C14H11BrN2O2/c1-8-12-6-11(19)7-13(15)14(12)16-17(8)9-2-4-10(18)5-3-9/h2-7,18-19H,1H3. The number of rotatable bonds is 1. The molecular weight excluding hydrogens is 308 g/mol. The lowest BCUT2D eigenvalue weighted by molar-refractivity contribution is 0.475. The molecule has 0 aliphatic heterocycles. The first kappa shape index (κ1) is 12.0. The van der Waals surface area contributed by atoms with Crippen LogP contribution in [0.1, 0.15) is 5.69 Å². The Labute approximate surface area is 118 Å². The molecule has 1 heterocycles. The zero-order valence-corrected chi connectivity index (χ0v) is 11.7. The lowest BCUT2D eigenvalue weighted by atomic mass is 10.2. The van der Waals surface area contributed by atoms with Gasteiger partial charge < -0.3 is 10.2 Å². The molecule has 0 amide bonds. The summed E-state index contributed by atoms with van der Waals surface area (Å²) < 4.78 is 2.54. The Bertz CT molecular complexity index is 763. The second-order valence-corrected chi connectivity index (χ2v) is 5.19. The number of benzene rings is 2. The Morgan fingerprint density at radius 1 is 1.05 bits per heavy atom. The minimum absolute atomic E-state index is 0.202. The summed E-state index contributed by atoms with van der Waals surface area (Å²) in [6.07, 6.45) is 0. The van der Waals surface area contributed by atoms with Gasteiger partial charge in [0.1, 0.15) is 17.0 Å². The molecule has 0 saturated carbocycles. The van der Waals surface area contributed by atoms with Crippen LogP contribution in [0.15, 0.2) is 40.9 Å². The van der Waals surface area contributed by atoms with Crippen molar-refractivity contribution in [1.82, 2.24) is 9.78 Å². The highest BCUT2D eigenvalue weighted by Gasteiger charge is 2.12. The van der Waals surface area contributed by atoms with Crippen molar-refractivity contribution in [2.75, 3.05) is 0 Å². The first-order valence-electron chi connectivity index (χ1n) is 5.73. The second kappa shape index (κ2) is 4.28. The Morgan fingerprint density at radius 3 is 2.42 bits per heavy atom. The molecule has 0 aliphatic carbocycles. The highest BCUT2D eigenvalue weighted by Crippen LogP contribution is 2.31. The summed E-state index contributed by atoms with van der Waals surface area (Å²) in [5.41, 5.74) is 2.58. The predicted octanol–water partition coefficient (Wildman–Crippen LogP) is 3.51. The van der Waals surface area contributed by atoms with Crippen molar-refractivity contribution in [1.29, 1.82) is 0 Å². The third-order valence-electron chi connectivity index (χ3n) is 3.05. The van der Waals surface area contributed by atoms with E-state index in [0.29, 0.717) is 0 Å². The van der Waals surface area contributed by atoms with Crippen LogP contribution in [0.2, 0.25) is 0 Å². The molecule has 0 radical (unpaired) electrons. The maximum Gasteiger partial charge on any atom is 0.117 e. The van der Waals surface area contributed by atoms with Crippen LogP contribution in [-0.4, -0.2) is 20.0 Å². The number of hydrogen-bond donors (Lipinski definition) is 2. The zero-order valence-electron chi connectivity index (χ0n) is 10.1. The number of aromatic nitrogens is 2. The third-order valence-corrected chi connectivity index (χ3v) is 3.65. The lowest BCUT2D eigenvalue weighted by Gasteiger charge is -2.03. The first-order valence-corrected chi connectivity index (χ1v) is 6.53. The molecule has 0 atom stereocenters. The van der Waals surface area contributed by atoms with Crippen molar-refractivity contribution >= 4 is 26.8 Å². The Morgan fingerprint density at radius 2 is 1.74 bits per heavy atom. The number of fused-ring (bicyclic) bond motifs is 1. The van der Waals surface area contributed by atoms with E-state index in [1.165, 1.54) is 0 Å². The van der Waals surface area contributed by atoms with Gasteiger partial charge in [0.05, 0.1) is 5.69 Å². The molecule has 1 aromatic heterocycles. The normalized spacial score (nSPS) is 11.1. The minimum Gasteiger partial charge on any atom is -0.508 e. The fourth-order valence-corrected chi connectivity index (χ4v) is 2.62. The maximum absolute atomic E-state index is 9.65. The summed E-state index contributed by atoms with van der Waals surface area (Å²) in [6, 6.07) is 10.1. The largest absolute Gasteiger partial charge is 0.508 e. The molecule has 0 saturated heterocycles. The number of aryl methyl sites for hydroxylation is 1. The topological polar surface area (TPSA) is 58.3 Å². The van der Waals surface area contributed by atoms with Gasteiger partial charge >= 0.3 is 0 Å². The van der Waals surface area contributed by atoms with E-state index in [-0.39, 0.29) is 11.5 Å². The van der Waals surface area contributed by atoms with Gasteiger partial charge in [-0.25, -0.2) is 4.68 Å². The fourth-order valence-electron chi connectivity index (χ4n) is 2.10. The van der Waals surface area contributed by atoms with E-state index >= 15 is 0 Å². The van der Waals surface area contributed by atoms with E-state index in [1.54, 1.807) is 41.1 Å². The average molecular weight is 319 g/mol. The van der Waals surface area contributed by atoms with Crippen LogP contribution in [0.5, 0.6) is 11.5 Å². The molecule has 0 spiro atoms. The van der Waals surface area contributed by atoms with Crippen molar-refractivity contribution in [2.24, 2.45) is 0 Å². The van der Waals surface area contributed by atoms with Crippen LogP contribution in [0.25, 0.3) is 16.6 Å². The van der Waals surface area contributed by atoms with Crippen LogP contribution in [0, 0.1) is 6.92 Å². The number of nitrogens with zero attached hydrogens (tertiary/aromatic N) is 2. The van der Waals surface area contributed by atoms with Gasteiger partial charge in [-0.1, -0.05) is 0 Å². The van der Waals surface area contributed by atoms with Gasteiger partial charge in [0.15, 0.2) is 0 Å². The van der Waals surface area contributed by atoms with Gasteiger partial charge in [-0.15, -0.1) is 0 Å². The Hall–Kier alpha value is -2.01. The van der Waals surface area contributed by atoms with Crippen molar-refractivity contribution in [3.63, 3.8) is 0 Å². The smallest absolute Gasteiger partial charge is 0.117 e. The summed E-state index contributed by atoms with van der Waals surface area (Å²) in [4.78, 5) is 0. The number of phenols is 2. The molecule has 0 bridgehead atoms. The Balaban J connectivity index is 2.28. The number of phenolic OH excluding ortho intramolecular Hbond substituents is 2. The molecule has 3 rings (SSSR count). The summed E-state index contributed by atoms with van der Waals surface area (Å²) in [7, 11) is 0. The predicted molar refractivity (Wildman–Crippen MR) is 76.8 cm³/mol. The van der Waals surface area contributed by atoms with Gasteiger partial charge in [-0.2, -0.15) is 5.10 Å². The van der Waals surface area contributed by atoms with E-state index in [9.17, 15) is 10.2 Å². The van der Waals surface area contributed by atoms with Crippen molar-refractivity contribution < 1.29 is 10.2 Å². The molecular formula is C14H11BrN2O2. The molecule has 0 fully saturated rings. The fraction of sp³-hybridized carbons (Fsp3) is 0.0714. The van der Waals surface area contributed by atoms with E-state index in [0.717, 1.165) is 26.8 Å². The summed E-state index contributed by atoms with van der Waals surface area (Å²) in [6.45, 7) is 1.94. The highest BCUT2D eigenvalue weighted by molar-refractivity contribution is 9.10. The SMILES string of the molecule is Cc1c2cc(O)cc(Br)c2nn1-c1ccc(O)cc1. The summed E-state index contributed by atoms with van der Waals surface area (Å²) in [5.74, 6) is 0.421. The maximum atomic E-state index is 9.65. The first-order chi connectivity index (χ1) is 9.06. The van der Waals surface area contributed by atoms with Crippen molar-refractivity contribution in [3.8, 4) is 17.2 Å². The average Bonchev–Trinajstić information content (AvgIpc) is 2.69. The molecule has 2 aromatic carbocycles. The lowest BCUT2D eigenvalue weighted by Crippen LogP contribution is -1.97. The van der Waals surface area contributed by atoms with Crippen LogP contribution >= 0.6 is 15.9 Å². The van der Waals surface area contributed by atoms with Crippen molar-refractivity contribution in [2.45, 2.75) is 6.92 Å². The number of aromatic hydroxyl groups is 2. The Kier molecular flexibility index (Phi) is 2.71. The zero-order chi connectivity index (χ0) is 13.6. The van der Waals surface area contributed by atoms with E-state index in [1.807, 2.05) is 6.92 Å². The van der Waals surface area contributed by atoms with Crippen molar-refractivity contribution in [3.05, 3.63) is 46.6 Å². The van der Waals surface area contributed by atoms with Gasteiger partial charge in [0.2, 0.25) is 0 Å². The van der Waals surface area contributed by atoms with Crippen LogP contribution < -0.4 is 0 Å². The monoisotopic (exact) mass is 318 g/mol. The van der Waals surface area contributed by atoms with Gasteiger partial charge in [-0.05, 0) is 59.3 Å². The van der Waals surface area contributed by atoms with Gasteiger partial charge in [0.25, 0.3) is 0 Å². The van der Waals surface area contributed by atoms with Gasteiger partial charge in [-0.3, -0.25) is 0 Å². The van der Waals surface area contributed by atoms with Crippen LogP contribution in [0.4, 0.5) is 0 Å². The molecule has 2 N–H and O–H groups in total. The molecule has 96 valence electrons.